The SMILES string of the molecule is CN1CCN(C(=O)Nc2ccc(CC(=O)O)nc2)CC1=O. The average Bonchev–Trinajstić information content (AvgIpc) is 2.43. The quantitative estimate of drug-likeness (QED) is 0.817. The lowest BCUT2D eigenvalue weighted by Crippen LogP contribution is -2.51. The van der Waals surface area contributed by atoms with Gasteiger partial charge in [0, 0.05) is 20.1 Å². The van der Waals surface area contributed by atoms with Gasteiger partial charge in [-0.25, -0.2) is 4.79 Å². The number of carbonyl (C=O) groups excluding carboxylic acids is 2. The van der Waals surface area contributed by atoms with Gasteiger partial charge in [-0.3, -0.25) is 14.6 Å². The minimum Gasteiger partial charge on any atom is -0.481 e. The van der Waals surface area contributed by atoms with Crippen molar-refractivity contribution in [2.75, 3.05) is 32.0 Å². The van der Waals surface area contributed by atoms with E-state index in [4.69, 9.17) is 5.11 Å². The normalized spacial score (nSPS) is 15.0. The molecule has 0 saturated carbocycles. The van der Waals surface area contributed by atoms with Crippen LogP contribution in [0.25, 0.3) is 0 Å². The Kier molecular flexibility index (Phi) is 4.36. The van der Waals surface area contributed by atoms with Crippen molar-refractivity contribution >= 4 is 23.6 Å². The number of urea groups is 1. The second kappa shape index (κ2) is 6.21. The summed E-state index contributed by atoms with van der Waals surface area (Å²) >= 11 is 0. The first-order valence-corrected chi connectivity index (χ1v) is 6.42. The summed E-state index contributed by atoms with van der Waals surface area (Å²) in [5, 5.41) is 11.3. The molecule has 0 unspecified atom stereocenters. The predicted molar refractivity (Wildman–Crippen MR) is 73.8 cm³/mol. The van der Waals surface area contributed by atoms with Crippen LogP contribution in [-0.4, -0.2) is 64.5 Å². The van der Waals surface area contributed by atoms with E-state index < -0.39 is 5.97 Å². The Hall–Kier alpha value is -2.64. The average molecular weight is 292 g/mol. The van der Waals surface area contributed by atoms with E-state index in [0.717, 1.165) is 0 Å². The van der Waals surface area contributed by atoms with Crippen molar-refractivity contribution in [2.24, 2.45) is 0 Å². The van der Waals surface area contributed by atoms with E-state index in [2.05, 4.69) is 10.3 Å². The Morgan fingerprint density at radius 1 is 1.38 bits per heavy atom. The molecule has 3 amide bonds. The number of rotatable bonds is 3. The van der Waals surface area contributed by atoms with Crippen LogP contribution in [0.5, 0.6) is 0 Å². The summed E-state index contributed by atoms with van der Waals surface area (Å²) in [5.74, 6) is -1.07. The van der Waals surface area contributed by atoms with Crippen LogP contribution in [0.3, 0.4) is 0 Å². The molecule has 0 atom stereocenters. The molecule has 1 aliphatic heterocycles. The maximum atomic E-state index is 12.0. The van der Waals surface area contributed by atoms with Gasteiger partial charge in [0.25, 0.3) is 0 Å². The fraction of sp³-hybridized carbons (Fsp3) is 0.385. The molecule has 1 fully saturated rings. The van der Waals surface area contributed by atoms with Gasteiger partial charge in [-0.2, -0.15) is 0 Å². The molecular formula is C13H16N4O4. The molecule has 0 aromatic carbocycles. The van der Waals surface area contributed by atoms with Crippen LogP contribution >= 0.6 is 0 Å². The van der Waals surface area contributed by atoms with E-state index in [1.165, 1.54) is 11.1 Å². The first-order valence-electron chi connectivity index (χ1n) is 6.42. The second-order valence-electron chi connectivity index (χ2n) is 4.78. The van der Waals surface area contributed by atoms with Gasteiger partial charge in [0.15, 0.2) is 0 Å². The van der Waals surface area contributed by atoms with Crippen LogP contribution in [0.4, 0.5) is 10.5 Å². The van der Waals surface area contributed by atoms with Crippen LogP contribution in [0.1, 0.15) is 5.69 Å². The highest BCUT2D eigenvalue weighted by molar-refractivity contribution is 5.92. The summed E-state index contributed by atoms with van der Waals surface area (Å²) in [7, 11) is 1.70. The molecule has 0 aliphatic carbocycles. The van der Waals surface area contributed by atoms with Crippen LogP contribution in [0.2, 0.25) is 0 Å². The van der Waals surface area contributed by atoms with E-state index in [0.29, 0.717) is 24.5 Å². The summed E-state index contributed by atoms with van der Waals surface area (Å²) < 4.78 is 0. The third kappa shape index (κ3) is 3.91. The smallest absolute Gasteiger partial charge is 0.322 e. The topological polar surface area (TPSA) is 103 Å². The molecule has 21 heavy (non-hydrogen) atoms. The summed E-state index contributed by atoms with van der Waals surface area (Å²) in [5.41, 5.74) is 0.871. The molecule has 0 spiro atoms. The largest absolute Gasteiger partial charge is 0.481 e. The standard InChI is InChI=1S/C13H16N4O4/c1-16-4-5-17(8-11(16)18)13(21)15-10-3-2-9(14-7-10)6-12(19)20/h2-3,7H,4-6,8H2,1H3,(H,15,21)(H,19,20). The lowest BCUT2D eigenvalue weighted by molar-refractivity contribution is -0.136. The maximum Gasteiger partial charge on any atom is 0.322 e. The Labute approximate surface area is 121 Å². The van der Waals surface area contributed by atoms with Gasteiger partial charge >= 0.3 is 12.0 Å². The van der Waals surface area contributed by atoms with Crippen LogP contribution < -0.4 is 5.32 Å². The number of aromatic nitrogens is 1. The Morgan fingerprint density at radius 3 is 2.71 bits per heavy atom. The van der Waals surface area contributed by atoms with Gasteiger partial charge in [-0.1, -0.05) is 0 Å². The lowest BCUT2D eigenvalue weighted by Gasteiger charge is -2.31. The van der Waals surface area contributed by atoms with E-state index in [1.807, 2.05) is 0 Å². The molecule has 1 aliphatic rings. The molecule has 2 heterocycles. The molecule has 8 nitrogen and oxygen atoms in total. The van der Waals surface area contributed by atoms with Crippen molar-refractivity contribution in [3.8, 4) is 0 Å². The van der Waals surface area contributed by atoms with E-state index >= 15 is 0 Å². The van der Waals surface area contributed by atoms with Crippen molar-refractivity contribution in [3.63, 3.8) is 0 Å². The number of nitrogens with zero attached hydrogens (tertiary/aromatic N) is 3. The van der Waals surface area contributed by atoms with Crippen molar-refractivity contribution in [1.29, 1.82) is 0 Å². The van der Waals surface area contributed by atoms with Gasteiger partial charge in [-0.15, -0.1) is 0 Å². The number of anilines is 1. The molecule has 0 bridgehead atoms. The van der Waals surface area contributed by atoms with E-state index in [9.17, 15) is 14.4 Å². The number of piperazine rings is 1. The maximum absolute atomic E-state index is 12.0. The molecule has 8 heteroatoms. The van der Waals surface area contributed by atoms with Crippen molar-refractivity contribution in [2.45, 2.75) is 6.42 Å². The number of carboxylic acid groups (broad SMARTS) is 1. The van der Waals surface area contributed by atoms with Crippen molar-refractivity contribution < 1.29 is 19.5 Å². The number of aliphatic carboxylic acids is 1. The third-order valence-corrected chi connectivity index (χ3v) is 3.15. The minimum absolute atomic E-state index is 0.0485. The van der Waals surface area contributed by atoms with Crippen molar-refractivity contribution in [1.82, 2.24) is 14.8 Å². The summed E-state index contributed by atoms with van der Waals surface area (Å²) in [6, 6.07) is 2.75. The highest BCUT2D eigenvalue weighted by Gasteiger charge is 2.24. The molecule has 2 rings (SSSR count). The van der Waals surface area contributed by atoms with E-state index in [-0.39, 0.29) is 24.9 Å². The monoisotopic (exact) mass is 292 g/mol. The van der Waals surface area contributed by atoms with Gasteiger partial charge in [0.2, 0.25) is 5.91 Å². The van der Waals surface area contributed by atoms with Crippen molar-refractivity contribution in [3.05, 3.63) is 24.0 Å². The zero-order valence-corrected chi connectivity index (χ0v) is 11.6. The second-order valence-corrected chi connectivity index (χ2v) is 4.78. The number of pyridine rings is 1. The van der Waals surface area contributed by atoms with Gasteiger partial charge in [-0.05, 0) is 12.1 Å². The van der Waals surface area contributed by atoms with Crippen LogP contribution in [0, 0.1) is 0 Å². The molecule has 112 valence electrons. The predicted octanol–water partition coefficient (Wildman–Crippen LogP) is 0.0146. The Balaban J connectivity index is 1.93. The summed E-state index contributed by atoms with van der Waals surface area (Å²) in [6.45, 7) is 1.02. The number of hydrogen-bond donors (Lipinski definition) is 2. The molecular weight excluding hydrogens is 276 g/mol. The fourth-order valence-corrected chi connectivity index (χ4v) is 1.89. The first kappa shape index (κ1) is 14.8. The zero-order valence-electron chi connectivity index (χ0n) is 11.6. The number of amides is 3. The fourth-order valence-electron chi connectivity index (χ4n) is 1.89. The van der Waals surface area contributed by atoms with Gasteiger partial charge in [0.1, 0.15) is 6.54 Å². The minimum atomic E-state index is -0.963. The first-order chi connectivity index (χ1) is 9.95. The number of carboxylic acids is 1. The number of nitrogens with one attached hydrogen (secondary N) is 1. The highest BCUT2D eigenvalue weighted by Crippen LogP contribution is 2.09. The zero-order chi connectivity index (χ0) is 15.4. The number of carbonyl (C=O) groups is 3. The number of likely N-dealkylation sites (N-methyl/N-ethyl adjacent to an activating group) is 1. The lowest BCUT2D eigenvalue weighted by atomic mass is 10.2. The molecule has 2 N–H and O–H groups in total. The molecule has 0 radical (unpaired) electrons. The molecule has 1 aromatic heterocycles. The molecule has 1 saturated heterocycles. The van der Waals surface area contributed by atoms with Gasteiger partial charge in [0.05, 0.1) is 24.0 Å². The number of hydrogen-bond acceptors (Lipinski definition) is 4. The van der Waals surface area contributed by atoms with Crippen LogP contribution in [0.15, 0.2) is 18.3 Å². The highest BCUT2D eigenvalue weighted by atomic mass is 16.4. The van der Waals surface area contributed by atoms with Crippen LogP contribution in [-0.2, 0) is 16.0 Å². The van der Waals surface area contributed by atoms with E-state index in [1.54, 1.807) is 24.1 Å². The van der Waals surface area contributed by atoms with Gasteiger partial charge < -0.3 is 20.2 Å². The molecule has 1 aromatic rings. The Bertz CT molecular complexity index is 558. The Morgan fingerprint density at radius 2 is 2.14 bits per heavy atom. The third-order valence-electron chi connectivity index (χ3n) is 3.15. The summed E-state index contributed by atoms with van der Waals surface area (Å²) in [4.78, 5) is 41.0. The summed E-state index contributed by atoms with van der Waals surface area (Å²) in [6.07, 6.45) is 1.23.